The van der Waals surface area contributed by atoms with E-state index in [0.717, 1.165) is 24.3 Å². The molecule has 0 radical (unpaired) electrons. The van der Waals surface area contributed by atoms with Gasteiger partial charge in [-0.15, -0.1) is 16.5 Å². The number of carbonyl (C=O) groups excluding carboxylic acids is 1. The Morgan fingerprint density at radius 2 is 2.47 bits per heavy atom. The zero-order valence-electron chi connectivity index (χ0n) is 8.36. The highest BCUT2D eigenvalue weighted by atomic mass is 35.5. The molecule has 0 bridgehead atoms. The van der Waals surface area contributed by atoms with E-state index >= 15 is 0 Å². The molecule has 1 rings (SSSR count). The number of allylic oxidation sites excluding steroid dienone is 1. The first-order chi connectivity index (χ1) is 7.27. The van der Waals surface area contributed by atoms with Gasteiger partial charge >= 0.3 is 6.03 Å². The second kappa shape index (κ2) is 6.40. The van der Waals surface area contributed by atoms with E-state index < -0.39 is 6.03 Å². The van der Waals surface area contributed by atoms with Gasteiger partial charge in [-0.05, 0) is 19.3 Å². The summed E-state index contributed by atoms with van der Waals surface area (Å²) >= 11 is 5.43. The van der Waals surface area contributed by atoms with E-state index in [4.69, 9.17) is 11.6 Å². The molecule has 0 spiro atoms. The summed E-state index contributed by atoms with van der Waals surface area (Å²) in [5, 5.41) is 6.11. The Morgan fingerprint density at radius 1 is 1.67 bits per heavy atom. The summed E-state index contributed by atoms with van der Waals surface area (Å²) in [5.41, 5.74) is 0. The molecule has 15 heavy (non-hydrogen) atoms. The van der Waals surface area contributed by atoms with Crippen molar-refractivity contribution in [2.75, 3.05) is 12.4 Å². The Morgan fingerprint density at radius 3 is 3.00 bits per heavy atom. The van der Waals surface area contributed by atoms with Crippen LogP contribution in [0.5, 0.6) is 0 Å². The number of halogens is 1. The van der Waals surface area contributed by atoms with Gasteiger partial charge in [0.2, 0.25) is 0 Å². The molecule has 0 aromatic heterocycles. The van der Waals surface area contributed by atoms with Crippen LogP contribution in [0, 0.1) is 4.91 Å². The minimum atomic E-state index is -0.484. The summed E-state index contributed by atoms with van der Waals surface area (Å²) in [6, 6.07) is -0.479. The molecule has 1 atom stereocenters. The molecule has 1 unspecified atom stereocenters. The fourth-order valence-corrected chi connectivity index (χ4v) is 1.59. The Hall–Kier alpha value is -1.10. The van der Waals surface area contributed by atoms with E-state index in [1.54, 1.807) is 0 Å². The third-order valence-electron chi connectivity index (χ3n) is 2.19. The molecule has 0 aromatic carbocycles. The highest BCUT2D eigenvalue weighted by molar-refractivity contribution is 6.18. The van der Waals surface area contributed by atoms with Crippen LogP contribution in [0.3, 0.4) is 0 Å². The molecule has 1 N–H and O–H groups in total. The fourth-order valence-electron chi connectivity index (χ4n) is 1.43. The van der Waals surface area contributed by atoms with E-state index in [1.165, 1.54) is 0 Å². The number of nitrogens with zero attached hydrogens (tertiary/aromatic N) is 2. The van der Waals surface area contributed by atoms with Crippen LogP contribution < -0.4 is 5.32 Å². The van der Waals surface area contributed by atoms with Crippen LogP contribution >= 0.6 is 11.6 Å². The van der Waals surface area contributed by atoms with Gasteiger partial charge in [0.05, 0.1) is 11.8 Å². The van der Waals surface area contributed by atoms with Gasteiger partial charge in [-0.2, -0.15) is 5.01 Å². The standard InChI is InChI=1S/C9H14ClN3O2/c10-6-7-13(12-15)9(14)11-8-4-2-1-3-5-8/h2,4,8H,1,3,5-7H2,(H,11,14). The normalized spacial score (nSPS) is 19.7. The largest absolute Gasteiger partial charge is 0.340 e. The van der Waals surface area contributed by atoms with Gasteiger partial charge in [0.1, 0.15) is 0 Å². The van der Waals surface area contributed by atoms with Gasteiger partial charge in [-0.25, -0.2) is 4.79 Å². The maximum Gasteiger partial charge on any atom is 0.340 e. The summed E-state index contributed by atoms with van der Waals surface area (Å²) in [6.45, 7) is 0.132. The number of hydrogen-bond acceptors (Lipinski definition) is 3. The average molecular weight is 232 g/mol. The zero-order chi connectivity index (χ0) is 11.1. The molecule has 2 amide bonds. The van der Waals surface area contributed by atoms with Crippen LogP contribution in [0.25, 0.3) is 0 Å². The van der Waals surface area contributed by atoms with Crippen molar-refractivity contribution in [3.05, 3.63) is 17.1 Å². The molecule has 0 aromatic rings. The van der Waals surface area contributed by atoms with E-state index in [0.29, 0.717) is 0 Å². The number of urea groups is 1. The molecule has 0 saturated carbocycles. The Kier molecular flexibility index (Phi) is 5.10. The lowest BCUT2D eigenvalue weighted by molar-refractivity contribution is 0.199. The molecule has 0 fully saturated rings. The first-order valence-corrected chi connectivity index (χ1v) is 5.45. The van der Waals surface area contributed by atoms with Crippen LogP contribution in [0.1, 0.15) is 19.3 Å². The number of amides is 2. The lowest BCUT2D eigenvalue weighted by Gasteiger charge is -2.20. The van der Waals surface area contributed by atoms with E-state index in [9.17, 15) is 9.70 Å². The van der Waals surface area contributed by atoms with Gasteiger partial charge < -0.3 is 5.32 Å². The second-order valence-electron chi connectivity index (χ2n) is 3.31. The maximum atomic E-state index is 11.5. The summed E-state index contributed by atoms with van der Waals surface area (Å²) in [5.74, 6) is 0.194. The third kappa shape index (κ3) is 3.87. The fraction of sp³-hybridized carbons (Fsp3) is 0.667. The van der Waals surface area contributed by atoms with Crippen molar-refractivity contribution >= 4 is 17.6 Å². The summed E-state index contributed by atoms with van der Waals surface area (Å²) < 4.78 is 0. The molecular weight excluding hydrogens is 218 g/mol. The zero-order valence-corrected chi connectivity index (χ0v) is 9.11. The van der Waals surface area contributed by atoms with Crippen LogP contribution in [-0.4, -0.2) is 29.5 Å². The van der Waals surface area contributed by atoms with Crippen molar-refractivity contribution in [1.82, 2.24) is 10.3 Å². The lowest BCUT2D eigenvalue weighted by atomic mass is 10.0. The highest BCUT2D eigenvalue weighted by Crippen LogP contribution is 2.10. The summed E-state index contributed by atoms with van der Waals surface area (Å²) in [6.07, 6.45) is 6.95. The molecule has 0 aliphatic heterocycles. The van der Waals surface area contributed by atoms with Crippen molar-refractivity contribution in [1.29, 1.82) is 0 Å². The Labute approximate surface area is 93.4 Å². The summed E-state index contributed by atoms with van der Waals surface area (Å²) in [4.78, 5) is 21.8. The molecule has 84 valence electrons. The van der Waals surface area contributed by atoms with Crippen LogP contribution in [0.15, 0.2) is 17.4 Å². The molecule has 6 heteroatoms. The molecule has 0 saturated heterocycles. The molecular formula is C9H14ClN3O2. The predicted molar refractivity (Wildman–Crippen MR) is 58.5 cm³/mol. The highest BCUT2D eigenvalue weighted by Gasteiger charge is 2.17. The monoisotopic (exact) mass is 231 g/mol. The number of rotatable bonds is 4. The first kappa shape index (κ1) is 12.0. The minimum Gasteiger partial charge on any atom is -0.330 e. The first-order valence-electron chi connectivity index (χ1n) is 4.92. The van der Waals surface area contributed by atoms with Crippen molar-refractivity contribution in [3.63, 3.8) is 0 Å². The van der Waals surface area contributed by atoms with Gasteiger partial charge in [-0.1, -0.05) is 12.2 Å². The lowest BCUT2D eigenvalue weighted by Crippen LogP contribution is -2.42. The molecule has 1 aliphatic rings. The van der Waals surface area contributed by atoms with E-state index in [-0.39, 0.29) is 18.5 Å². The number of nitroso groups, excluding NO2 is 1. The topological polar surface area (TPSA) is 61.8 Å². The minimum absolute atomic E-state index is 0.00539. The van der Waals surface area contributed by atoms with E-state index in [2.05, 4.69) is 10.6 Å². The maximum absolute atomic E-state index is 11.5. The Balaban J connectivity index is 2.41. The summed E-state index contributed by atoms with van der Waals surface area (Å²) in [7, 11) is 0. The van der Waals surface area contributed by atoms with Crippen molar-refractivity contribution < 1.29 is 4.79 Å². The number of hydrogen-bond donors (Lipinski definition) is 1. The van der Waals surface area contributed by atoms with Crippen LogP contribution in [-0.2, 0) is 0 Å². The number of carbonyl (C=O) groups is 1. The Bertz CT molecular complexity index is 258. The SMILES string of the molecule is O=NN(CCCl)C(=O)NC1C=CCCC1. The second-order valence-corrected chi connectivity index (χ2v) is 3.69. The van der Waals surface area contributed by atoms with Gasteiger partial charge in [0, 0.05) is 11.9 Å². The predicted octanol–water partition coefficient (Wildman–Crippen LogP) is 2.03. The average Bonchev–Trinajstić information content (AvgIpc) is 2.27. The van der Waals surface area contributed by atoms with Gasteiger partial charge in [0.25, 0.3) is 0 Å². The van der Waals surface area contributed by atoms with Gasteiger partial charge in [-0.3, -0.25) is 0 Å². The van der Waals surface area contributed by atoms with Crippen molar-refractivity contribution in [3.8, 4) is 0 Å². The molecule has 1 aliphatic carbocycles. The number of alkyl halides is 1. The van der Waals surface area contributed by atoms with Crippen LogP contribution in [0.4, 0.5) is 4.79 Å². The van der Waals surface area contributed by atoms with Crippen molar-refractivity contribution in [2.45, 2.75) is 25.3 Å². The smallest absolute Gasteiger partial charge is 0.330 e. The van der Waals surface area contributed by atoms with E-state index in [1.807, 2.05) is 12.2 Å². The molecule has 0 heterocycles. The van der Waals surface area contributed by atoms with Gasteiger partial charge in [0.15, 0.2) is 0 Å². The molecule has 5 nitrogen and oxygen atoms in total. The van der Waals surface area contributed by atoms with Crippen LogP contribution in [0.2, 0.25) is 0 Å². The quantitative estimate of drug-likeness (QED) is 0.348. The van der Waals surface area contributed by atoms with Crippen molar-refractivity contribution in [2.24, 2.45) is 5.29 Å². The third-order valence-corrected chi connectivity index (χ3v) is 2.36. The number of nitrogens with one attached hydrogen (secondary N) is 1.